The lowest BCUT2D eigenvalue weighted by atomic mass is 10.1. The predicted octanol–water partition coefficient (Wildman–Crippen LogP) is 2.22. The lowest BCUT2D eigenvalue weighted by Crippen LogP contribution is -2.37. The molecular formula is C18H25N3O3. The molecular weight excluding hydrogens is 306 g/mol. The Labute approximate surface area is 142 Å². The summed E-state index contributed by atoms with van der Waals surface area (Å²) in [5.74, 6) is -0.976. The third-order valence-corrected chi connectivity index (χ3v) is 3.96. The van der Waals surface area contributed by atoms with Crippen molar-refractivity contribution < 1.29 is 14.4 Å². The zero-order valence-corrected chi connectivity index (χ0v) is 14.5. The van der Waals surface area contributed by atoms with E-state index in [1.807, 2.05) is 26.8 Å². The molecule has 0 unspecified atom stereocenters. The fraction of sp³-hybridized carbons (Fsp3) is 0.500. The van der Waals surface area contributed by atoms with Crippen LogP contribution < -0.4 is 15.5 Å². The van der Waals surface area contributed by atoms with Crippen molar-refractivity contribution in [1.29, 1.82) is 0 Å². The van der Waals surface area contributed by atoms with E-state index in [9.17, 15) is 14.4 Å². The normalized spacial score (nSPS) is 14.7. The maximum absolute atomic E-state index is 12.1. The van der Waals surface area contributed by atoms with Crippen LogP contribution >= 0.6 is 0 Å². The summed E-state index contributed by atoms with van der Waals surface area (Å²) in [7, 11) is 0. The Bertz CT molecular complexity index is 640. The molecule has 1 fully saturated rings. The molecule has 1 heterocycles. The van der Waals surface area contributed by atoms with E-state index in [4.69, 9.17) is 0 Å². The molecule has 0 aliphatic carbocycles. The number of hydrogen-bond donors (Lipinski definition) is 2. The Kier molecular flexibility index (Phi) is 5.95. The van der Waals surface area contributed by atoms with E-state index in [-0.39, 0.29) is 11.8 Å². The van der Waals surface area contributed by atoms with Gasteiger partial charge in [0.25, 0.3) is 0 Å². The van der Waals surface area contributed by atoms with Crippen LogP contribution in [0.25, 0.3) is 0 Å². The molecule has 0 spiro atoms. The molecule has 2 N–H and O–H groups in total. The second-order valence-corrected chi connectivity index (χ2v) is 6.56. The maximum atomic E-state index is 12.1. The Balaban J connectivity index is 2.09. The fourth-order valence-electron chi connectivity index (χ4n) is 2.60. The first kappa shape index (κ1) is 18.0. The molecule has 3 amide bonds. The molecule has 2 rings (SSSR count). The molecule has 1 aromatic carbocycles. The van der Waals surface area contributed by atoms with E-state index in [2.05, 4.69) is 10.6 Å². The number of amides is 3. The molecule has 6 nitrogen and oxygen atoms in total. The van der Waals surface area contributed by atoms with Gasteiger partial charge in [-0.2, -0.15) is 0 Å². The molecule has 0 saturated carbocycles. The second-order valence-electron chi connectivity index (χ2n) is 6.56. The van der Waals surface area contributed by atoms with Gasteiger partial charge >= 0.3 is 11.8 Å². The minimum atomic E-state index is -0.699. The molecule has 1 aliphatic rings. The highest BCUT2D eigenvalue weighted by Crippen LogP contribution is 2.27. The van der Waals surface area contributed by atoms with Crippen molar-refractivity contribution in [3.8, 4) is 0 Å². The zero-order chi connectivity index (χ0) is 17.7. The summed E-state index contributed by atoms with van der Waals surface area (Å²) >= 11 is 0. The van der Waals surface area contributed by atoms with Crippen LogP contribution in [0.3, 0.4) is 0 Å². The van der Waals surface area contributed by atoms with E-state index in [0.717, 1.165) is 24.1 Å². The van der Waals surface area contributed by atoms with E-state index in [0.29, 0.717) is 25.2 Å². The number of carbonyl (C=O) groups excluding carboxylic acids is 3. The highest BCUT2D eigenvalue weighted by atomic mass is 16.2. The monoisotopic (exact) mass is 331 g/mol. The van der Waals surface area contributed by atoms with Gasteiger partial charge in [-0.15, -0.1) is 0 Å². The molecule has 6 heteroatoms. The van der Waals surface area contributed by atoms with Gasteiger partial charge in [-0.05, 0) is 43.4 Å². The average molecular weight is 331 g/mol. The number of aryl methyl sites for hydroxylation is 1. The average Bonchev–Trinajstić information content (AvgIpc) is 2.55. The predicted molar refractivity (Wildman–Crippen MR) is 93.9 cm³/mol. The first-order valence-corrected chi connectivity index (χ1v) is 8.38. The van der Waals surface area contributed by atoms with Crippen molar-refractivity contribution in [1.82, 2.24) is 5.32 Å². The third-order valence-electron chi connectivity index (χ3n) is 3.96. The zero-order valence-electron chi connectivity index (χ0n) is 14.5. The second kappa shape index (κ2) is 7.95. The summed E-state index contributed by atoms with van der Waals surface area (Å²) in [6.07, 6.45) is 2.44. The van der Waals surface area contributed by atoms with E-state index in [1.54, 1.807) is 17.0 Å². The van der Waals surface area contributed by atoms with Crippen LogP contribution in [0.5, 0.6) is 0 Å². The lowest BCUT2D eigenvalue weighted by Gasteiger charge is -2.28. The van der Waals surface area contributed by atoms with E-state index >= 15 is 0 Å². The number of rotatable bonds is 4. The number of hydrogen-bond acceptors (Lipinski definition) is 3. The van der Waals surface area contributed by atoms with E-state index < -0.39 is 11.8 Å². The van der Waals surface area contributed by atoms with Crippen molar-refractivity contribution in [2.45, 2.75) is 40.0 Å². The topological polar surface area (TPSA) is 78.5 Å². The van der Waals surface area contributed by atoms with Gasteiger partial charge in [-0.3, -0.25) is 14.4 Å². The minimum Gasteiger partial charge on any atom is -0.348 e. The number of benzene rings is 1. The summed E-state index contributed by atoms with van der Waals surface area (Å²) in [6, 6.07) is 5.34. The lowest BCUT2D eigenvalue weighted by molar-refractivity contribution is -0.136. The summed E-state index contributed by atoms with van der Waals surface area (Å²) < 4.78 is 0. The smallest absolute Gasteiger partial charge is 0.313 e. The maximum Gasteiger partial charge on any atom is 0.313 e. The van der Waals surface area contributed by atoms with Crippen LogP contribution in [0.1, 0.15) is 38.7 Å². The van der Waals surface area contributed by atoms with Gasteiger partial charge in [0, 0.05) is 30.9 Å². The molecule has 130 valence electrons. The summed E-state index contributed by atoms with van der Waals surface area (Å²) in [4.78, 5) is 37.6. The SMILES string of the molecule is Cc1ccc(NC(=O)C(=O)NCC(C)C)cc1N1CCCCC1=O. The Morgan fingerprint density at radius 1 is 1.21 bits per heavy atom. The first-order chi connectivity index (χ1) is 11.4. The van der Waals surface area contributed by atoms with Gasteiger partial charge in [0.2, 0.25) is 5.91 Å². The molecule has 0 bridgehead atoms. The number of anilines is 2. The number of nitrogens with zero attached hydrogens (tertiary/aromatic N) is 1. The molecule has 0 radical (unpaired) electrons. The molecule has 24 heavy (non-hydrogen) atoms. The Hall–Kier alpha value is -2.37. The third kappa shape index (κ3) is 4.57. The van der Waals surface area contributed by atoms with Crippen LogP contribution in [0.15, 0.2) is 18.2 Å². The molecule has 0 atom stereocenters. The Morgan fingerprint density at radius 3 is 2.62 bits per heavy atom. The van der Waals surface area contributed by atoms with Crippen molar-refractivity contribution in [3.05, 3.63) is 23.8 Å². The molecule has 0 aromatic heterocycles. The van der Waals surface area contributed by atoms with E-state index in [1.165, 1.54) is 0 Å². The van der Waals surface area contributed by atoms with Gasteiger partial charge in [0.05, 0.1) is 0 Å². The van der Waals surface area contributed by atoms with Crippen LogP contribution in [0, 0.1) is 12.8 Å². The highest BCUT2D eigenvalue weighted by molar-refractivity contribution is 6.39. The van der Waals surface area contributed by atoms with Crippen LogP contribution in [0.2, 0.25) is 0 Å². The fourth-order valence-corrected chi connectivity index (χ4v) is 2.60. The van der Waals surface area contributed by atoms with Crippen molar-refractivity contribution >= 4 is 29.1 Å². The van der Waals surface area contributed by atoms with Gasteiger partial charge in [0.15, 0.2) is 0 Å². The minimum absolute atomic E-state index is 0.0995. The summed E-state index contributed by atoms with van der Waals surface area (Å²) in [5, 5.41) is 5.18. The van der Waals surface area contributed by atoms with Crippen LogP contribution in [-0.2, 0) is 14.4 Å². The highest BCUT2D eigenvalue weighted by Gasteiger charge is 2.22. The first-order valence-electron chi connectivity index (χ1n) is 8.38. The van der Waals surface area contributed by atoms with Crippen molar-refractivity contribution in [2.75, 3.05) is 23.3 Å². The number of carbonyl (C=O) groups is 3. The number of nitrogens with one attached hydrogen (secondary N) is 2. The summed E-state index contributed by atoms with van der Waals surface area (Å²) in [5.41, 5.74) is 2.27. The molecule has 1 saturated heterocycles. The van der Waals surface area contributed by atoms with Crippen molar-refractivity contribution in [2.24, 2.45) is 5.92 Å². The summed E-state index contributed by atoms with van der Waals surface area (Å²) in [6.45, 7) is 6.98. The van der Waals surface area contributed by atoms with Crippen LogP contribution in [0.4, 0.5) is 11.4 Å². The van der Waals surface area contributed by atoms with Crippen LogP contribution in [-0.4, -0.2) is 30.8 Å². The largest absolute Gasteiger partial charge is 0.348 e. The van der Waals surface area contributed by atoms with Crippen molar-refractivity contribution in [3.63, 3.8) is 0 Å². The van der Waals surface area contributed by atoms with Gasteiger partial charge < -0.3 is 15.5 Å². The number of piperidine rings is 1. The van der Waals surface area contributed by atoms with Gasteiger partial charge in [-0.25, -0.2) is 0 Å². The molecule has 1 aliphatic heterocycles. The standard InChI is InChI=1S/C18H25N3O3/c1-12(2)11-19-17(23)18(24)20-14-8-7-13(3)15(10-14)21-9-5-4-6-16(21)22/h7-8,10,12H,4-6,9,11H2,1-3H3,(H,19,23)(H,20,24). The van der Waals surface area contributed by atoms with Gasteiger partial charge in [0.1, 0.15) is 0 Å². The molecule has 1 aromatic rings. The van der Waals surface area contributed by atoms with Gasteiger partial charge in [-0.1, -0.05) is 19.9 Å². The Morgan fingerprint density at radius 2 is 1.96 bits per heavy atom. The quantitative estimate of drug-likeness (QED) is 0.831.